The number of ether oxygens (including phenoxy) is 4. The summed E-state index contributed by atoms with van der Waals surface area (Å²) >= 11 is 26.1. The van der Waals surface area contributed by atoms with Crippen LogP contribution in [0.1, 0.15) is 216 Å². The predicted molar refractivity (Wildman–Crippen MR) is 541 cm³/mol. The van der Waals surface area contributed by atoms with Gasteiger partial charge in [-0.1, -0.05) is 240 Å². The summed E-state index contributed by atoms with van der Waals surface area (Å²) in [6.45, 7) is 43.2. The molecule has 0 aromatic heterocycles. The molecular weight excluding hydrogens is 1730 g/mol. The molecule has 16 nitrogen and oxygen atoms in total. The lowest BCUT2D eigenvalue weighted by Gasteiger charge is -2.43. The zero-order valence-corrected chi connectivity index (χ0v) is 83.3. The molecule has 126 heavy (non-hydrogen) atoms. The number of anilines is 2. The van der Waals surface area contributed by atoms with Crippen LogP contribution in [0, 0.1) is 13.8 Å². The van der Waals surface area contributed by atoms with E-state index in [-0.39, 0.29) is 88.6 Å². The third-order valence-corrected chi connectivity index (χ3v) is 32.4. The molecule has 16 rings (SSSR count). The van der Waals surface area contributed by atoms with Gasteiger partial charge in [0.05, 0.1) is 66.4 Å². The number of benzene rings is 8. The number of carbonyl (C=O) groups is 4. The summed E-state index contributed by atoms with van der Waals surface area (Å²) in [5.41, 5.74) is 25.9. The van der Waals surface area contributed by atoms with Crippen molar-refractivity contribution in [2.45, 2.75) is 254 Å². The molecule has 6 N–H and O–H groups in total. The van der Waals surface area contributed by atoms with Gasteiger partial charge in [0, 0.05) is 47.9 Å². The lowest BCUT2D eigenvalue weighted by molar-refractivity contribution is -0.119. The Hall–Kier alpha value is -8.20. The first-order valence-electron chi connectivity index (χ1n) is 43.6. The van der Waals surface area contributed by atoms with Gasteiger partial charge in [0.2, 0.25) is 23.6 Å². The van der Waals surface area contributed by atoms with Crippen LogP contribution in [-0.4, -0.2) is 126 Å². The van der Waals surface area contributed by atoms with Gasteiger partial charge in [-0.3, -0.25) is 19.2 Å². The summed E-state index contributed by atoms with van der Waals surface area (Å²) in [6, 6.07) is 43.2. The van der Waals surface area contributed by atoms with Crippen molar-refractivity contribution in [3.8, 4) is 79.0 Å². The summed E-state index contributed by atoms with van der Waals surface area (Å²) in [5.74, 6) is 3.05. The second-order valence-electron chi connectivity index (χ2n) is 39.0. The van der Waals surface area contributed by atoms with Crippen molar-refractivity contribution in [1.82, 2.24) is 21.3 Å². The van der Waals surface area contributed by atoms with E-state index >= 15 is 0 Å². The van der Waals surface area contributed by atoms with Crippen molar-refractivity contribution in [2.75, 3.05) is 51.3 Å². The van der Waals surface area contributed by atoms with Crippen molar-refractivity contribution in [1.29, 1.82) is 0 Å². The number of methoxy groups -OCH3 is 4. The van der Waals surface area contributed by atoms with E-state index in [2.05, 4.69) is 228 Å². The maximum Gasteiger partial charge on any atom is 0.239 e. The molecule has 668 valence electrons. The van der Waals surface area contributed by atoms with Gasteiger partial charge in [0.15, 0.2) is 0 Å². The van der Waals surface area contributed by atoms with Gasteiger partial charge in [-0.15, -0.1) is 0 Å². The number of aromatic hydroxyl groups is 2. The highest BCUT2D eigenvalue weighted by atomic mass is 32.2. The molecule has 5 heterocycles. The van der Waals surface area contributed by atoms with Crippen molar-refractivity contribution >= 4 is 148 Å². The fourth-order valence-corrected chi connectivity index (χ4v) is 24.3. The third kappa shape index (κ3) is 20.2. The molecule has 4 unspecified atom stereocenters. The molecule has 0 radical (unpaired) electrons. The van der Waals surface area contributed by atoms with Gasteiger partial charge in [-0.25, -0.2) is 0 Å². The van der Waals surface area contributed by atoms with E-state index < -0.39 is 0 Å². The topological polar surface area (TPSA) is 200 Å². The molecule has 4 atom stereocenters. The molecule has 0 spiro atoms. The van der Waals surface area contributed by atoms with Crippen LogP contribution in [0.25, 0.3) is 44.5 Å². The fraction of sp³-hybridized carbons (Fsp3) is 0.451. The molecule has 4 fully saturated rings. The molecule has 0 saturated carbocycles. The highest BCUT2D eigenvalue weighted by molar-refractivity contribution is 8.25. The average Bonchev–Trinajstić information content (AvgIpc) is 1.51. The Labute approximate surface area is 784 Å². The fourth-order valence-electron chi connectivity index (χ4n) is 19.1. The molecule has 0 bridgehead atoms. The second-order valence-corrected chi connectivity index (χ2v) is 46.5. The van der Waals surface area contributed by atoms with Gasteiger partial charge in [-0.05, 0) is 282 Å². The van der Waals surface area contributed by atoms with Crippen molar-refractivity contribution in [3.63, 3.8) is 0 Å². The first-order chi connectivity index (χ1) is 59.2. The van der Waals surface area contributed by atoms with E-state index in [1.165, 1.54) is 128 Å². The Bertz CT molecular complexity index is 5670. The number of aryl methyl sites for hydroxylation is 2. The number of hydrogen-bond acceptors (Lipinski definition) is 20. The first kappa shape index (κ1) is 95.4. The van der Waals surface area contributed by atoms with Crippen LogP contribution in [0.4, 0.5) is 11.4 Å². The van der Waals surface area contributed by atoms with E-state index in [4.69, 9.17) is 67.8 Å². The maximum absolute atomic E-state index is 12.3. The number of nitrogens with zero attached hydrogens (tertiary/aromatic N) is 2. The molecular formula is C102H122N6O10S8. The number of rotatable bonds is 18. The zero-order chi connectivity index (χ0) is 91.5. The number of amides is 4. The number of fused-ring (bicyclic) bond motifs is 4. The Morgan fingerprint density at radius 2 is 0.738 bits per heavy atom. The van der Waals surface area contributed by atoms with Gasteiger partial charge in [0.25, 0.3) is 0 Å². The van der Waals surface area contributed by atoms with Crippen molar-refractivity contribution in [2.24, 2.45) is 0 Å². The number of hydrogen-bond donors (Lipinski definition) is 6. The summed E-state index contributed by atoms with van der Waals surface area (Å²) < 4.78 is 25.3. The third-order valence-electron chi connectivity index (χ3n) is 26.9. The van der Waals surface area contributed by atoms with E-state index in [1.807, 2.05) is 42.5 Å². The number of nitrogens with one attached hydrogen (secondary N) is 4. The van der Waals surface area contributed by atoms with Gasteiger partial charge in [-0.2, -0.15) is 0 Å². The van der Waals surface area contributed by atoms with Crippen molar-refractivity contribution in [3.05, 3.63) is 188 Å². The summed E-state index contributed by atoms with van der Waals surface area (Å²) in [6.07, 6.45) is 9.14. The van der Waals surface area contributed by atoms with Crippen LogP contribution in [0.5, 0.6) is 34.5 Å². The molecule has 4 amide bonds. The van der Waals surface area contributed by atoms with Crippen LogP contribution in [0.3, 0.4) is 0 Å². The molecule has 3 aliphatic carbocycles. The largest absolute Gasteiger partial charge is 0.508 e. The lowest BCUT2D eigenvalue weighted by Crippen LogP contribution is -2.46. The monoisotopic (exact) mass is 1850 g/mol. The summed E-state index contributed by atoms with van der Waals surface area (Å²) in [5, 5.41) is 31.1. The van der Waals surface area contributed by atoms with Crippen LogP contribution >= 0.6 is 95.9 Å². The molecule has 8 aromatic rings. The zero-order valence-electron chi connectivity index (χ0n) is 76.8. The first-order valence-corrected chi connectivity index (χ1v) is 48.7. The maximum atomic E-state index is 12.3. The van der Waals surface area contributed by atoms with Crippen LogP contribution < -0.4 is 50.0 Å². The Kier molecular flexibility index (Phi) is 28.5. The minimum Gasteiger partial charge on any atom is -0.508 e. The standard InChI is InChI=1S/C26H33N3O2S2.C26H31NO3S2.C25H29NO3S2.C25H29NO2S2/c1-15(2)28-9-10-29(16(3)4)22-14-19(17(5)11-21(22)28)20-12-18(7-8-23(20)31-6)13-24-25(30)27-26(32)33-24;1-25(2)11-12-26(3,4)18-13-15(7-9-17(18)25)21-19(29-5)10-8-16(22(21)30-6)14-20-23(28)27-24(31)32-20;1-13-8-17-18(25(4,5)7-6-24(17,2)3)11-15(13)16-9-14(19(27)12-20(16)28)10-21-22(29)26-23(30)31-21;1-24(2)10-11-25(3,4)19-14-16(7-8-18(19)24)17-12-15(6-9-20(17)28-5)13-21-22(27)26-23(29)30-21/h7-8,11-12,14-16,24H,9-10,13H2,1-6H3,(H,27,30,32);7-10,13,20H,11-12,14H2,1-6H3,(H,27,28,31);8-9,11-12,21,27-28H,6-7,10H2,1-5H3,(H,26,29,30);6-9,12,14,21H,10-11,13H2,1-5H3,(H,26,27,29). The van der Waals surface area contributed by atoms with Crippen molar-refractivity contribution < 1.29 is 48.3 Å². The minimum atomic E-state index is -0.375. The van der Waals surface area contributed by atoms with Crippen LogP contribution in [0.2, 0.25) is 0 Å². The Balaban J connectivity index is 0.000000144. The number of thioether (sulfide) groups is 4. The summed E-state index contributed by atoms with van der Waals surface area (Å²) in [4.78, 5) is 53.7. The smallest absolute Gasteiger partial charge is 0.239 e. The number of thiocarbonyl (C=S) groups is 4. The average molecular weight is 1850 g/mol. The lowest BCUT2D eigenvalue weighted by atomic mass is 9.62. The van der Waals surface area contributed by atoms with E-state index in [0.717, 1.165) is 111 Å². The van der Waals surface area contributed by atoms with E-state index in [0.29, 0.717) is 66.2 Å². The second kappa shape index (κ2) is 37.7. The van der Waals surface area contributed by atoms with Gasteiger partial charge in [0.1, 0.15) is 51.8 Å². The van der Waals surface area contributed by atoms with Crippen LogP contribution in [-0.2, 0) is 77.4 Å². The molecule has 5 aliphatic heterocycles. The molecule has 24 heteroatoms. The number of phenols is 2. The molecule has 4 saturated heterocycles. The normalized spacial score (nSPS) is 20.7. The Morgan fingerprint density at radius 1 is 0.373 bits per heavy atom. The SMILES string of the molecule is COc1ccc(CC2SC(=S)NC2=O)c(OC)c1-c1ccc2c(c1)C(C)(C)CCC2(C)C.COc1ccc(CC2SC(=S)NC2=O)cc1-c1cc2c(cc1C)N(C(C)C)CCN2C(C)C.COc1ccc(CC2SC(=S)NC2=O)cc1-c1ccc2c(c1)C(C)(C)CCC2(C)C.Cc1cc2c(cc1-c1cc(CC3SC(=S)NC3=O)c(O)cc1O)C(C)(C)CCC2(C)C. The highest BCUT2D eigenvalue weighted by Gasteiger charge is 2.43. The van der Waals surface area contributed by atoms with Crippen LogP contribution in [0.15, 0.2) is 121 Å². The quantitative estimate of drug-likeness (QED) is 0.0443. The number of carbonyl (C=O) groups excluding carboxylic acids is 4. The number of phenolic OH excluding ortho intramolecular Hbond substituents is 2. The predicted octanol–water partition coefficient (Wildman–Crippen LogP) is 22.2. The van der Waals surface area contributed by atoms with E-state index in [1.54, 1.807) is 28.4 Å². The minimum absolute atomic E-state index is 0.000120. The van der Waals surface area contributed by atoms with Gasteiger partial charge >= 0.3 is 0 Å². The summed E-state index contributed by atoms with van der Waals surface area (Å²) in [7, 11) is 6.79. The Morgan fingerprint density at radius 3 is 1.17 bits per heavy atom. The molecule has 8 aromatic carbocycles. The van der Waals surface area contributed by atoms with E-state index in [9.17, 15) is 29.4 Å². The highest BCUT2D eigenvalue weighted by Crippen LogP contribution is 2.54. The van der Waals surface area contributed by atoms with Gasteiger partial charge < -0.3 is 60.2 Å². The molecule has 8 aliphatic rings.